The van der Waals surface area contributed by atoms with E-state index in [0.717, 1.165) is 16.6 Å². The Morgan fingerprint density at radius 2 is 1.89 bits per heavy atom. The average molecular weight is 448 g/mol. The van der Waals surface area contributed by atoms with Crippen LogP contribution in [0.3, 0.4) is 0 Å². The van der Waals surface area contributed by atoms with Crippen LogP contribution >= 0.6 is 23.2 Å². The molecule has 0 saturated heterocycles. The molecule has 1 amide bonds. The molecule has 12 heteroatoms. The van der Waals surface area contributed by atoms with Crippen LogP contribution in [-0.4, -0.2) is 39.2 Å². The number of rotatable bonds is 7. The van der Waals surface area contributed by atoms with Crippen molar-refractivity contribution < 1.29 is 22.9 Å². The van der Waals surface area contributed by atoms with Gasteiger partial charge in [-0.2, -0.15) is 0 Å². The van der Waals surface area contributed by atoms with E-state index in [9.17, 15) is 23.3 Å². The van der Waals surface area contributed by atoms with Crippen molar-refractivity contribution in [3.63, 3.8) is 0 Å². The highest BCUT2D eigenvalue weighted by Gasteiger charge is 2.23. The monoisotopic (exact) mass is 447 g/mol. The van der Waals surface area contributed by atoms with E-state index < -0.39 is 27.4 Å². The second kappa shape index (κ2) is 8.63. The van der Waals surface area contributed by atoms with Crippen molar-refractivity contribution >= 4 is 56.2 Å². The number of carbonyl (C=O) groups excluding carboxylic acids is 1. The predicted octanol–water partition coefficient (Wildman–Crippen LogP) is 3.31. The molecular weight excluding hydrogens is 433 g/mol. The van der Waals surface area contributed by atoms with Crippen LogP contribution in [0.1, 0.15) is 0 Å². The van der Waals surface area contributed by atoms with Crippen LogP contribution in [-0.2, 0) is 14.8 Å². The molecule has 0 spiro atoms. The van der Waals surface area contributed by atoms with Gasteiger partial charge in [0, 0.05) is 12.1 Å². The Kier molecular flexibility index (Phi) is 6.70. The molecule has 0 radical (unpaired) electrons. The molecule has 2 rings (SSSR count). The number of ether oxygens (including phenoxy) is 1. The normalized spacial score (nSPS) is 11.0. The summed E-state index contributed by atoms with van der Waals surface area (Å²) in [5, 5.41) is 13.5. The fourth-order valence-corrected chi connectivity index (χ4v) is 3.52. The fourth-order valence-electron chi connectivity index (χ4n) is 2.25. The molecule has 0 fully saturated rings. The first-order chi connectivity index (χ1) is 13.0. The third-order valence-corrected chi connectivity index (χ3v) is 5.31. The molecule has 2 aromatic rings. The van der Waals surface area contributed by atoms with Crippen molar-refractivity contribution in [1.82, 2.24) is 0 Å². The first-order valence-corrected chi connectivity index (χ1v) is 10.2. The van der Waals surface area contributed by atoms with E-state index in [0.29, 0.717) is 5.75 Å². The van der Waals surface area contributed by atoms with Crippen LogP contribution in [0.4, 0.5) is 17.1 Å². The van der Waals surface area contributed by atoms with Gasteiger partial charge in [-0.15, -0.1) is 0 Å². The minimum atomic E-state index is -3.84. The highest BCUT2D eigenvalue weighted by Crippen LogP contribution is 2.30. The lowest BCUT2D eigenvalue weighted by Crippen LogP contribution is -2.37. The molecule has 1 N–H and O–H groups in total. The molecule has 0 unspecified atom stereocenters. The van der Waals surface area contributed by atoms with Crippen molar-refractivity contribution in [2.75, 3.05) is 29.5 Å². The third kappa shape index (κ3) is 5.24. The molecule has 150 valence electrons. The average Bonchev–Trinajstić information content (AvgIpc) is 2.60. The Hall–Kier alpha value is -2.56. The van der Waals surface area contributed by atoms with Gasteiger partial charge in [0.05, 0.1) is 39.7 Å². The molecule has 0 atom stereocenters. The molecule has 9 nitrogen and oxygen atoms in total. The van der Waals surface area contributed by atoms with E-state index in [2.05, 4.69) is 5.32 Å². The lowest BCUT2D eigenvalue weighted by molar-refractivity contribution is -0.384. The maximum absolute atomic E-state index is 12.4. The Labute approximate surface area is 171 Å². The van der Waals surface area contributed by atoms with Gasteiger partial charge in [0.25, 0.3) is 5.69 Å². The summed E-state index contributed by atoms with van der Waals surface area (Å²) in [6, 6.07) is 7.75. The van der Waals surface area contributed by atoms with E-state index in [1.807, 2.05) is 0 Å². The molecule has 0 aliphatic carbocycles. The van der Waals surface area contributed by atoms with Crippen LogP contribution in [0.2, 0.25) is 10.0 Å². The zero-order valence-corrected chi connectivity index (χ0v) is 17.0. The number of methoxy groups -OCH3 is 1. The lowest BCUT2D eigenvalue weighted by Gasteiger charge is -2.22. The van der Waals surface area contributed by atoms with Gasteiger partial charge < -0.3 is 10.1 Å². The van der Waals surface area contributed by atoms with Crippen molar-refractivity contribution in [1.29, 1.82) is 0 Å². The smallest absolute Gasteiger partial charge is 0.271 e. The number of carbonyl (C=O) groups is 1. The SMILES string of the molecule is COc1ccc(N(CC(=O)Nc2cc([N+](=O)[O-])ccc2Cl)S(C)(=O)=O)cc1Cl. The number of nitro groups is 1. The number of benzene rings is 2. The Morgan fingerprint density at radius 3 is 2.43 bits per heavy atom. The number of halogens is 2. The van der Waals surface area contributed by atoms with Gasteiger partial charge in [-0.25, -0.2) is 8.42 Å². The lowest BCUT2D eigenvalue weighted by atomic mass is 10.2. The first-order valence-electron chi connectivity index (χ1n) is 7.58. The first kappa shape index (κ1) is 21.7. The Bertz CT molecular complexity index is 1030. The predicted molar refractivity (Wildman–Crippen MR) is 107 cm³/mol. The second-order valence-electron chi connectivity index (χ2n) is 5.56. The maximum Gasteiger partial charge on any atom is 0.271 e. The summed E-state index contributed by atoms with van der Waals surface area (Å²) in [4.78, 5) is 22.6. The summed E-state index contributed by atoms with van der Waals surface area (Å²) in [7, 11) is -2.43. The highest BCUT2D eigenvalue weighted by atomic mass is 35.5. The molecule has 0 aliphatic rings. The molecule has 0 aromatic heterocycles. The summed E-state index contributed by atoms with van der Waals surface area (Å²) >= 11 is 12.0. The topological polar surface area (TPSA) is 119 Å². The minimum Gasteiger partial charge on any atom is -0.495 e. The number of non-ortho nitro benzene ring substituents is 1. The molecule has 2 aromatic carbocycles. The quantitative estimate of drug-likeness (QED) is 0.513. The van der Waals surface area contributed by atoms with Gasteiger partial charge in [-0.1, -0.05) is 23.2 Å². The van der Waals surface area contributed by atoms with E-state index in [-0.39, 0.29) is 27.1 Å². The maximum atomic E-state index is 12.4. The summed E-state index contributed by atoms with van der Waals surface area (Å²) in [6.45, 7) is -0.597. The highest BCUT2D eigenvalue weighted by molar-refractivity contribution is 7.92. The number of hydrogen-bond acceptors (Lipinski definition) is 6. The molecular formula is C16H15Cl2N3O6S. The van der Waals surface area contributed by atoms with Crippen LogP contribution in [0.5, 0.6) is 5.75 Å². The zero-order chi connectivity index (χ0) is 21.1. The van der Waals surface area contributed by atoms with E-state index in [1.54, 1.807) is 0 Å². The van der Waals surface area contributed by atoms with Gasteiger partial charge in [0.2, 0.25) is 15.9 Å². The molecule has 0 aliphatic heterocycles. The molecule has 0 bridgehead atoms. The summed E-state index contributed by atoms with van der Waals surface area (Å²) in [5.41, 5.74) is -0.141. The van der Waals surface area contributed by atoms with Crippen molar-refractivity contribution in [3.8, 4) is 5.75 Å². The third-order valence-electron chi connectivity index (χ3n) is 3.55. The number of nitrogens with zero attached hydrogens (tertiary/aromatic N) is 2. The zero-order valence-electron chi connectivity index (χ0n) is 14.7. The molecule has 0 heterocycles. The summed E-state index contributed by atoms with van der Waals surface area (Å²) in [6.07, 6.45) is 0.929. The fraction of sp³-hybridized carbons (Fsp3) is 0.188. The van der Waals surface area contributed by atoms with Crippen LogP contribution in [0.25, 0.3) is 0 Å². The molecule has 0 saturated carbocycles. The number of anilines is 2. The van der Waals surface area contributed by atoms with Crippen molar-refractivity contribution in [3.05, 3.63) is 56.6 Å². The van der Waals surface area contributed by atoms with Gasteiger partial charge in [0.15, 0.2) is 0 Å². The number of nitro benzene ring substituents is 1. The van der Waals surface area contributed by atoms with E-state index >= 15 is 0 Å². The minimum absolute atomic E-state index is 0.0120. The standard InChI is InChI=1S/C16H15Cl2N3O6S/c1-27-15-6-4-10(7-13(15)18)20(28(2,25)26)9-16(22)19-14-8-11(21(23)24)3-5-12(14)17/h3-8H,9H2,1-2H3,(H,19,22). The van der Waals surface area contributed by atoms with Crippen LogP contribution < -0.4 is 14.4 Å². The van der Waals surface area contributed by atoms with Gasteiger partial charge in [0.1, 0.15) is 12.3 Å². The summed E-state index contributed by atoms with van der Waals surface area (Å²) in [5.74, 6) is -0.411. The van der Waals surface area contributed by atoms with Gasteiger partial charge in [-0.3, -0.25) is 19.2 Å². The number of amides is 1. The Morgan fingerprint density at radius 1 is 1.21 bits per heavy atom. The van der Waals surface area contributed by atoms with E-state index in [4.69, 9.17) is 27.9 Å². The number of nitrogens with one attached hydrogen (secondary N) is 1. The largest absolute Gasteiger partial charge is 0.495 e. The van der Waals surface area contributed by atoms with Gasteiger partial charge in [-0.05, 0) is 24.3 Å². The molecule has 28 heavy (non-hydrogen) atoms. The Balaban J connectivity index is 2.29. The second-order valence-corrected chi connectivity index (χ2v) is 8.28. The summed E-state index contributed by atoms with van der Waals surface area (Å²) < 4.78 is 30.2. The van der Waals surface area contributed by atoms with E-state index in [1.165, 1.54) is 37.4 Å². The number of hydrogen-bond donors (Lipinski definition) is 1. The van der Waals surface area contributed by atoms with Crippen molar-refractivity contribution in [2.24, 2.45) is 0 Å². The number of sulfonamides is 1. The van der Waals surface area contributed by atoms with Crippen LogP contribution in [0, 0.1) is 10.1 Å². The van der Waals surface area contributed by atoms with Crippen LogP contribution in [0.15, 0.2) is 36.4 Å². The van der Waals surface area contributed by atoms with Crippen molar-refractivity contribution in [2.45, 2.75) is 0 Å². The van der Waals surface area contributed by atoms with Gasteiger partial charge >= 0.3 is 0 Å².